The summed E-state index contributed by atoms with van der Waals surface area (Å²) in [6.07, 6.45) is 2.87. The summed E-state index contributed by atoms with van der Waals surface area (Å²) in [6.45, 7) is 6.48. The molecule has 4 rings (SSSR count). The van der Waals surface area contributed by atoms with Crippen molar-refractivity contribution in [3.63, 3.8) is 0 Å². The van der Waals surface area contributed by atoms with Crippen molar-refractivity contribution in [3.8, 4) is 5.75 Å². The molecule has 5 nitrogen and oxygen atoms in total. The third-order valence-corrected chi connectivity index (χ3v) is 5.91. The molecule has 2 aromatic carbocycles. The zero-order chi connectivity index (χ0) is 20.1. The number of likely N-dealkylation sites (tertiary alicyclic amines) is 1. The van der Waals surface area contributed by atoms with Crippen molar-refractivity contribution >= 4 is 11.6 Å². The second-order valence-electron chi connectivity index (χ2n) is 8.02. The molecule has 0 atom stereocenters. The molecule has 2 aliphatic rings. The number of anilines is 1. The van der Waals surface area contributed by atoms with E-state index in [2.05, 4.69) is 30.0 Å². The van der Waals surface area contributed by atoms with Crippen LogP contribution in [0.15, 0.2) is 54.6 Å². The van der Waals surface area contributed by atoms with E-state index in [0.29, 0.717) is 6.54 Å². The molecule has 0 radical (unpaired) electrons. The zero-order valence-corrected chi connectivity index (χ0v) is 17.2. The van der Waals surface area contributed by atoms with Gasteiger partial charge in [-0.05, 0) is 37.5 Å². The van der Waals surface area contributed by atoms with Gasteiger partial charge in [-0.25, -0.2) is 0 Å². The molecule has 0 bridgehead atoms. The van der Waals surface area contributed by atoms with E-state index in [9.17, 15) is 4.79 Å². The van der Waals surface area contributed by atoms with Crippen molar-refractivity contribution in [1.29, 1.82) is 0 Å². The molecule has 0 N–H and O–H groups in total. The average molecular weight is 395 g/mol. The fraction of sp³-hybridized carbons (Fsp3) is 0.458. The van der Waals surface area contributed by atoms with E-state index < -0.39 is 0 Å². The molecule has 1 spiro atoms. The smallest absolute Gasteiger partial charge is 0.253 e. The summed E-state index contributed by atoms with van der Waals surface area (Å²) in [4.78, 5) is 16.8. The summed E-state index contributed by atoms with van der Waals surface area (Å²) in [6, 6.07) is 18.3. The van der Waals surface area contributed by atoms with E-state index in [4.69, 9.17) is 9.47 Å². The summed E-state index contributed by atoms with van der Waals surface area (Å²) >= 11 is 0. The van der Waals surface area contributed by atoms with Crippen LogP contribution in [0, 0.1) is 0 Å². The summed E-state index contributed by atoms with van der Waals surface area (Å²) in [7, 11) is 0. The van der Waals surface area contributed by atoms with Gasteiger partial charge in [0.1, 0.15) is 12.4 Å². The fourth-order valence-corrected chi connectivity index (χ4v) is 4.21. The van der Waals surface area contributed by atoms with Gasteiger partial charge in [-0.3, -0.25) is 9.69 Å². The topological polar surface area (TPSA) is 42.0 Å². The minimum atomic E-state index is -0.238. The number of ether oxygens (including phenoxy) is 2. The van der Waals surface area contributed by atoms with Gasteiger partial charge in [0.05, 0.1) is 18.8 Å². The standard InChI is InChI=1S/C24H30N2O3/c1-2-16-28-22-11-7-6-8-20(22)17-25-14-12-24(13-15-25)19-26(23(27)18-29-24)21-9-4-3-5-10-21/h3-11H,2,12-19H2,1H3. The van der Waals surface area contributed by atoms with Crippen LogP contribution in [0.5, 0.6) is 5.75 Å². The first kappa shape index (κ1) is 19.9. The maximum Gasteiger partial charge on any atom is 0.253 e. The van der Waals surface area contributed by atoms with E-state index >= 15 is 0 Å². The molecular weight excluding hydrogens is 364 g/mol. The van der Waals surface area contributed by atoms with Gasteiger partial charge < -0.3 is 14.4 Å². The van der Waals surface area contributed by atoms with Gasteiger partial charge in [0.15, 0.2) is 0 Å². The zero-order valence-electron chi connectivity index (χ0n) is 17.2. The molecule has 2 saturated heterocycles. The van der Waals surface area contributed by atoms with Gasteiger partial charge in [-0.15, -0.1) is 0 Å². The predicted octanol–water partition coefficient (Wildman–Crippen LogP) is 3.87. The number of nitrogens with zero attached hydrogens (tertiary/aromatic N) is 2. The molecule has 0 saturated carbocycles. The Balaban J connectivity index is 1.39. The number of amides is 1. The number of carbonyl (C=O) groups excluding carboxylic acids is 1. The lowest BCUT2D eigenvalue weighted by molar-refractivity contribution is -0.145. The summed E-state index contributed by atoms with van der Waals surface area (Å²) in [5, 5.41) is 0. The van der Waals surface area contributed by atoms with Crippen LogP contribution in [-0.4, -0.2) is 49.3 Å². The monoisotopic (exact) mass is 394 g/mol. The Morgan fingerprint density at radius 2 is 1.76 bits per heavy atom. The van der Waals surface area contributed by atoms with Crippen molar-refractivity contribution in [2.75, 3.05) is 37.7 Å². The number of rotatable bonds is 6. The number of piperidine rings is 1. The second-order valence-corrected chi connectivity index (χ2v) is 8.02. The van der Waals surface area contributed by atoms with Gasteiger partial charge in [-0.2, -0.15) is 0 Å². The SMILES string of the molecule is CCCOc1ccccc1CN1CCC2(CC1)CN(c1ccccc1)C(=O)CO2. The highest BCUT2D eigenvalue weighted by Gasteiger charge is 2.42. The minimum absolute atomic E-state index is 0.0475. The first-order chi connectivity index (χ1) is 14.2. The van der Waals surface area contributed by atoms with Crippen LogP contribution in [-0.2, 0) is 16.1 Å². The highest BCUT2D eigenvalue weighted by atomic mass is 16.5. The molecule has 2 aromatic rings. The lowest BCUT2D eigenvalue weighted by atomic mass is 9.88. The summed E-state index contributed by atoms with van der Waals surface area (Å²) in [5.41, 5.74) is 1.96. The summed E-state index contributed by atoms with van der Waals surface area (Å²) < 4.78 is 12.0. The highest BCUT2D eigenvalue weighted by molar-refractivity contribution is 5.95. The Labute approximate surface area is 173 Å². The molecule has 0 aliphatic carbocycles. The first-order valence-corrected chi connectivity index (χ1v) is 10.6. The van der Waals surface area contributed by atoms with Gasteiger partial charge in [0, 0.05) is 30.9 Å². The van der Waals surface area contributed by atoms with Gasteiger partial charge >= 0.3 is 0 Å². The molecule has 0 unspecified atom stereocenters. The first-order valence-electron chi connectivity index (χ1n) is 10.6. The van der Waals surface area contributed by atoms with Crippen LogP contribution >= 0.6 is 0 Å². The number of para-hydroxylation sites is 2. The Bertz CT molecular complexity index is 816. The fourth-order valence-electron chi connectivity index (χ4n) is 4.21. The van der Waals surface area contributed by atoms with Gasteiger partial charge in [-0.1, -0.05) is 43.3 Å². The molecule has 2 aliphatic heterocycles. The lowest BCUT2D eigenvalue weighted by Gasteiger charge is -2.47. The number of carbonyl (C=O) groups is 1. The van der Waals surface area contributed by atoms with E-state index in [1.165, 1.54) is 5.56 Å². The number of morpholine rings is 1. The van der Waals surface area contributed by atoms with E-state index in [1.807, 2.05) is 41.3 Å². The van der Waals surface area contributed by atoms with Crippen LogP contribution in [0.3, 0.4) is 0 Å². The minimum Gasteiger partial charge on any atom is -0.493 e. The highest BCUT2D eigenvalue weighted by Crippen LogP contribution is 2.33. The van der Waals surface area contributed by atoms with Crippen LogP contribution in [0.1, 0.15) is 31.7 Å². The Kier molecular flexibility index (Phi) is 6.16. The molecule has 5 heteroatoms. The maximum absolute atomic E-state index is 12.4. The predicted molar refractivity (Wildman–Crippen MR) is 114 cm³/mol. The van der Waals surface area contributed by atoms with E-state index in [0.717, 1.165) is 56.9 Å². The maximum atomic E-state index is 12.4. The van der Waals surface area contributed by atoms with Crippen molar-refractivity contribution in [2.45, 2.75) is 38.3 Å². The number of hydrogen-bond acceptors (Lipinski definition) is 4. The lowest BCUT2D eigenvalue weighted by Crippen LogP contribution is -2.58. The largest absolute Gasteiger partial charge is 0.493 e. The normalized spacial score (nSPS) is 19.5. The third kappa shape index (κ3) is 4.62. The quantitative estimate of drug-likeness (QED) is 0.746. The Morgan fingerprint density at radius 1 is 1.03 bits per heavy atom. The average Bonchev–Trinajstić information content (AvgIpc) is 2.77. The summed E-state index contributed by atoms with van der Waals surface area (Å²) in [5.74, 6) is 1.04. The van der Waals surface area contributed by atoms with Crippen molar-refractivity contribution in [3.05, 3.63) is 60.2 Å². The van der Waals surface area contributed by atoms with Gasteiger partial charge in [0.2, 0.25) is 0 Å². The van der Waals surface area contributed by atoms with Crippen LogP contribution in [0.2, 0.25) is 0 Å². The van der Waals surface area contributed by atoms with E-state index in [1.54, 1.807) is 0 Å². The number of hydrogen-bond donors (Lipinski definition) is 0. The molecule has 0 aromatic heterocycles. The molecule has 29 heavy (non-hydrogen) atoms. The Hall–Kier alpha value is -2.37. The molecule has 1 amide bonds. The second kappa shape index (κ2) is 8.97. The number of benzene rings is 2. The molecule has 154 valence electrons. The molecule has 2 heterocycles. The van der Waals surface area contributed by atoms with Crippen molar-refractivity contribution in [2.24, 2.45) is 0 Å². The van der Waals surface area contributed by atoms with E-state index in [-0.39, 0.29) is 18.1 Å². The van der Waals surface area contributed by atoms with Crippen molar-refractivity contribution < 1.29 is 14.3 Å². The van der Waals surface area contributed by atoms with Crippen LogP contribution < -0.4 is 9.64 Å². The molecule has 2 fully saturated rings. The third-order valence-electron chi connectivity index (χ3n) is 5.91. The van der Waals surface area contributed by atoms with Crippen LogP contribution in [0.4, 0.5) is 5.69 Å². The van der Waals surface area contributed by atoms with Gasteiger partial charge in [0.25, 0.3) is 5.91 Å². The van der Waals surface area contributed by atoms with Crippen molar-refractivity contribution in [1.82, 2.24) is 4.90 Å². The molecular formula is C24H30N2O3. The Morgan fingerprint density at radius 3 is 2.52 bits per heavy atom. The van der Waals surface area contributed by atoms with Crippen LogP contribution in [0.25, 0.3) is 0 Å².